The molecule has 6 nitrogen and oxygen atoms in total. The Bertz CT molecular complexity index is 798. The summed E-state index contributed by atoms with van der Waals surface area (Å²) in [4.78, 5) is 11.9. The van der Waals surface area contributed by atoms with Gasteiger partial charge in [-0.05, 0) is 49.2 Å². The number of halogens is 1. The van der Waals surface area contributed by atoms with Crippen LogP contribution >= 0.6 is 11.6 Å². The summed E-state index contributed by atoms with van der Waals surface area (Å²) in [5, 5.41) is 4.61. The molecule has 2 rings (SSSR count). The number of rotatable bonds is 7. The lowest BCUT2D eigenvalue weighted by atomic mass is 10.1. The summed E-state index contributed by atoms with van der Waals surface area (Å²) in [5.74, 6) is 1.47. The number of carbonyl (C=O) groups excluding carboxylic acids is 1. The Morgan fingerprint density at radius 1 is 1.12 bits per heavy atom. The van der Waals surface area contributed by atoms with Gasteiger partial charge in [0.25, 0.3) is 5.91 Å². The quantitative estimate of drug-likeness (QED) is 0.593. The first-order valence-electron chi connectivity index (χ1n) is 7.88. The fourth-order valence-corrected chi connectivity index (χ4v) is 2.38. The van der Waals surface area contributed by atoms with Gasteiger partial charge in [-0.25, -0.2) is 5.43 Å². The van der Waals surface area contributed by atoms with Crippen molar-refractivity contribution in [3.63, 3.8) is 0 Å². The zero-order valence-corrected chi connectivity index (χ0v) is 15.9. The molecule has 0 aliphatic heterocycles. The van der Waals surface area contributed by atoms with Gasteiger partial charge in [0.2, 0.25) is 0 Å². The highest BCUT2D eigenvalue weighted by Crippen LogP contribution is 2.26. The summed E-state index contributed by atoms with van der Waals surface area (Å²) in [6, 6.07) is 8.86. The van der Waals surface area contributed by atoms with Crippen molar-refractivity contribution in [2.24, 2.45) is 5.10 Å². The molecule has 0 heterocycles. The van der Waals surface area contributed by atoms with Crippen LogP contribution in [0.3, 0.4) is 0 Å². The van der Waals surface area contributed by atoms with Gasteiger partial charge in [0.1, 0.15) is 17.2 Å². The Morgan fingerprint density at radius 3 is 2.42 bits per heavy atom. The smallest absolute Gasteiger partial charge is 0.277 e. The summed E-state index contributed by atoms with van der Waals surface area (Å²) < 4.78 is 15.9. The maximum atomic E-state index is 11.9. The molecular weight excluding hydrogens is 356 g/mol. The Hall–Kier alpha value is -2.73. The number of amides is 1. The van der Waals surface area contributed by atoms with Crippen LogP contribution in [0.5, 0.6) is 17.2 Å². The van der Waals surface area contributed by atoms with Gasteiger partial charge < -0.3 is 14.2 Å². The van der Waals surface area contributed by atoms with Crippen LogP contribution in [0.1, 0.15) is 16.7 Å². The summed E-state index contributed by atoms with van der Waals surface area (Å²) in [7, 11) is 3.13. The third-order valence-electron chi connectivity index (χ3n) is 3.61. The average Bonchev–Trinajstić information content (AvgIpc) is 2.64. The SMILES string of the molecule is COc1ccc(/C=N\NC(=O)COc2cc(C)c(Cl)c(C)c2)c(OC)c1. The second kappa shape index (κ2) is 9.10. The number of hydrogen-bond acceptors (Lipinski definition) is 5. The normalized spacial score (nSPS) is 10.7. The molecule has 2 aromatic carbocycles. The van der Waals surface area contributed by atoms with Crippen molar-refractivity contribution >= 4 is 23.7 Å². The van der Waals surface area contributed by atoms with Crippen LogP contribution < -0.4 is 19.6 Å². The van der Waals surface area contributed by atoms with Gasteiger partial charge in [-0.2, -0.15) is 5.10 Å². The predicted octanol–water partition coefficient (Wildman–Crippen LogP) is 3.50. The second-order valence-electron chi connectivity index (χ2n) is 5.56. The van der Waals surface area contributed by atoms with E-state index in [2.05, 4.69) is 10.5 Å². The van der Waals surface area contributed by atoms with Crippen LogP contribution in [0.15, 0.2) is 35.4 Å². The highest BCUT2D eigenvalue weighted by molar-refractivity contribution is 6.32. The lowest BCUT2D eigenvalue weighted by molar-refractivity contribution is -0.123. The zero-order valence-electron chi connectivity index (χ0n) is 15.1. The molecule has 2 aromatic rings. The monoisotopic (exact) mass is 376 g/mol. The third-order valence-corrected chi connectivity index (χ3v) is 4.21. The molecule has 0 radical (unpaired) electrons. The molecule has 26 heavy (non-hydrogen) atoms. The van der Waals surface area contributed by atoms with E-state index >= 15 is 0 Å². The largest absolute Gasteiger partial charge is 0.497 e. The topological polar surface area (TPSA) is 69.2 Å². The van der Waals surface area contributed by atoms with Crippen molar-refractivity contribution in [3.8, 4) is 17.2 Å². The molecule has 138 valence electrons. The maximum Gasteiger partial charge on any atom is 0.277 e. The third kappa shape index (κ3) is 5.13. The molecule has 0 spiro atoms. The molecule has 0 saturated carbocycles. The van der Waals surface area contributed by atoms with E-state index in [1.165, 1.54) is 6.21 Å². The molecule has 0 unspecified atom stereocenters. The molecule has 7 heteroatoms. The number of hydrazone groups is 1. The van der Waals surface area contributed by atoms with E-state index in [9.17, 15) is 4.79 Å². The van der Waals surface area contributed by atoms with Gasteiger partial charge in [0, 0.05) is 16.7 Å². The number of carbonyl (C=O) groups is 1. The van der Waals surface area contributed by atoms with Gasteiger partial charge in [-0.1, -0.05) is 11.6 Å². The molecule has 0 saturated heterocycles. The molecule has 0 aliphatic rings. The van der Waals surface area contributed by atoms with E-state index in [0.717, 1.165) is 11.1 Å². The number of methoxy groups -OCH3 is 2. The number of nitrogens with one attached hydrogen (secondary N) is 1. The minimum absolute atomic E-state index is 0.155. The Labute approximate surface area is 157 Å². The maximum absolute atomic E-state index is 11.9. The zero-order chi connectivity index (χ0) is 19.1. The first-order chi connectivity index (χ1) is 12.4. The van der Waals surface area contributed by atoms with Crippen molar-refractivity contribution in [2.75, 3.05) is 20.8 Å². The summed E-state index contributed by atoms with van der Waals surface area (Å²) in [6.07, 6.45) is 1.49. The Balaban J connectivity index is 1.92. The van der Waals surface area contributed by atoms with Crippen LogP contribution in [0.2, 0.25) is 5.02 Å². The van der Waals surface area contributed by atoms with E-state index in [1.54, 1.807) is 44.6 Å². The fourth-order valence-electron chi connectivity index (χ4n) is 2.27. The average molecular weight is 377 g/mol. The van der Waals surface area contributed by atoms with Crippen molar-refractivity contribution in [3.05, 3.63) is 52.0 Å². The Morgan fingerprint density at radius 2 is 1.81 bits per heavy atom. The van der Waals surface area contributed by atoms with Gasteiger partial charge in [0.15, 0.2) is 6.61 Å². The van der Waals surface area contributed by atoms with E-state index < -0.39 is 0 Å². The fraction of sp³-hybridized carbons (Fsp3) is 0.263. The molecule has 0 aromatic heterocycles. The number of nitrogens with zero attached hydrogens (tertiary/aromatic N) is 1. The van der Waals surface area contributed by atoms with Gasteiger partial charge in [-0.15, -0.1) is 0 Å². The first-order valence-corrected chi connectivity index (χ1v) is 8.26. The van der Waals surface area contributed by atoms with E-state index in [0.29, 0.717) is 27.8 Å². The molecule has 1 N–H and O–H groups in total. The van der Waals surface area contributed by atoms with Crippen LogP contribution in [-0.4, -0.2) is 32.9 Å². The minimum atomic E-state index is -0.376. The highest BCUT2D eigenvalue weighted by Gasteiger charge is 2.07. The van der Waals surface area contributed by atoms with Gasteiger partial charge in [0.05, 0.1) is 20.4 Å². The van der Waals surface area contributed by atoms with E-state index in [1.807, 2.05) is 13.8 Å². The van der Waals surface area contributed by atoms with Crippen molar-refractivity contribution < 1.29 is 19.0 Å². The first kappa shape index (κ1) is 19.6. The van der Waals surface area contributed by atoms with Crippen LogP contribution in [0.25, 0.3) is 0 Å². The lowest BCUT2D eigenvalue weighted by Gasteiger charge is -2.09. The van der Waals surface area contributed by atoms with E-state index in [-0.39, 0.29) is 12.5 Å². The van der Waals surface area contributed by atoms with Gasteiger partial charge >= 0.3 is 0 Å². The van der Waals surface area contributed by atoms with Crippen molar-refractivity contribution in [1.29, 1.82) is 0 Å². The Kier molecular flexibility index (Phi) is 6.86. The number of hydrogen-bond donors (Lipinski definition) is 1. The lowest BCUT2D eigenvalue weighted by Crippen LogP contribution is -2.24. The molecule has 1 amide bonds. The minimum Gasteiger partial charge on any atom is -0.497 e. The highest BCUT2D eigenvalue weighted by atomic mass is 35.5. The molecule has 0 aliphatic carbocycles. The molecule has 0 fully saturated rings. The summed E-state index contributed by atoms with van der Waals surface area (Å²) >= 11 is 6.11. The molecular formula is C19H21ClN2O4. The molecule has 0 atom stereocenters. The van der Waals surface area contributed by atoms with E-state index in [4.69, 9.17) is 25.8 Å². The summed E-state index contributed by atoms with van der Waals surface area (Å²) in [5.41, 5.74) is 4.91. The van der Waals surface area contributed by atoms with Crippen LogP contribution in [-0.2, 0) is 4.79 Å². The summed E-state index contributed by atoms with van der Waals surface area (Å²) in [6.45, 7) is 3.61. The molecule has 0 bridgehead atoms. The van der Waals surface area contributed by atoms with Gasteiger partial charge in [-0.3, -0.25) is 4.79 Å². The standard InChI is InChI=1S/C19H21ClN2O4/c1-12-7-16(8-13(2)19(12)20)26-11-18(23)22-21-10-14-5-6-15(24-3)9-17(14)25-4/h5-10H,11H2,1-4H3,(H,22,23)/b21-10-. The number of aryl methyl sites for hydroxylation is 2. The second-order valence-corrected chi connectivity index (χ2v) is 5.94. The van der Waals surface area contributed by atoms with Crippen molar-refractivity contribution in [1.82, 2.24) is 5.43 Å². The number of ether oxygens (including phenoxy) is 3. The van der Waals surface area contributed by atoms with Crippen LogP contribution in [0, 0.1) is 13.8 Å². The number of benzene rings is 2. The van der Waals surface area contributed by atoms with Crippen LogP contribution in [0.4, 0.5) is 0 Å². The predicted molar refractivity (Wildman–Crippen MR) is 102 cm³/mol. The van der Waals surface area contributed by atoms with Crippen molar-refractivity contribution in [2.45, 2.75) is 13.8 Å².